The van der Waals surface area contributed by atoms with Crippen molar-refractivity contribution in [2.45, 2.75) is 33.1 Å². The number of carbonyl (C=O) groups is 3. The van der Waals surface area contributed by atoms with E-state index in [2.05, 4.69) is 5.32 Å². The second-order valence-corrected chi connectivity index (χ2v) is 8.16. The Kier molecular flexibility index (Phi) is 5.18. The van der Waals surface area contributed by atoms with Crippen LogP contribution in [0, 0.1) is 23.7 Å². The third-order valence-corrected chi connectivity index (χ3v) is 6.44. The molecule has 0 spiro atoms. The average molecular weight is 376 g/mol. The first-order chi connectivity index (χ1) is 12.3. The Labute approximate surface area is 156 Å². The zero-order valence-electron chi connectivity index (χ0n) is 15.0. The van der Waals surface area contributed by atoms with Gasteiger partial charge in [0.15, 0.2) is 0 Å². The van der Waals surface area contributed by atoms with E-state index in [4.69, 9.17) is 4.74 Å². The maximum atomic E-state index is 12.8. The fourth-order valence-electron chi connectivity index (χ4n) is 3.84. The number of rotatable bonds is 6. The predicted octanol–water partition coefficient (Wildman–Crippen LogP) is 2.17. The molecule has 26 heavy (non-hydrogen) atoms. The quantitative estimate of drug-likeness (QED) is 0.606. The maximum Gasteiger partial charge on any atom is 0.341 e. The smallest absolute Gasteiger partial charge is 0.341 e. The monoisotopic (exact) mass is 376 g/mol. The summed E-state index contributed by atoms with van der Waals surface area (Å²) < 4.78 is 5.08. The van der Waals surface area contributed by atoms with E-state index in [0.717, 1.165) is 4.88 Å². The van der Waals surface area contributed by atoms with E-state index in [9.17, 15) is 19.5 Å². The number of carbonyl (C=O) groups excluding carboxylic acids is 3. The molecule has 1 heterocycles. The topological polar surface area (TPSA) is 95.5 Å². The molecular weight excluding hydrogens is 354 g/mol. The summed E-state index contributed by atoms with van der Waals surface area (Å²) in [6, 6.07) is 1.74. The highest BCUT2D eigenvalue weighted by Gasteiger charge is 2.48. The zero-order valence-corrected chi connectivity index (χ0v) is 15.8. The van der Waals surface area contributed by atoms with Crippen molar-refractivity contribution in [3.8, 4) is 0 Å². The van der Waals surface area contributed by atoms with Gasteiger partial charge in [-0.1, -0.05) is 26.0 Å². The molecule has 1 saturated carbocycles. The van der Waals surface area contributed by atoms with E-state index in [1.807, 2.05) is 26.0 Å². The van der Waals surface area contributed by atoms with Gasteiger partial charge in [-0.3, -0.25) is 4.79 Å². The first kappa shape index (κ1) is 18.6. The van der Waals surface area contributed by atoms with Crippen LogP contribution in [0.3, 0.4) is 0 Å². The molecule has 0 saturated heterocycles. The molecule has 1 amide bonds. The number of carboxylic acid groups (broad SMARTS) is 1. The number of thiophene rings is 1. The van der Waals surface area contributed by atoms with Crippen molar-refractivity contribution in [2.75, 3.05) is 11.9 Å². The molecule has 2 aliphatic rings. The Balaban J connectivity index is 1.86. The fraction of sp³-hybridized carbons (Fsp3) is 0.526. The van der Waals surface area contributed by atoms with Crippen molar-refractivity contribution < 1.29 is 24.2 Å². The van der Waals surface area contributed by atoms with E-state index in [-0.39, 0.29) is 30.3 Å². The lowest BCUT2D eigenvalue weighted by Crippen LogP contribution is -2.42. The molecule has 0 unspecified atom stereocenters. The number of amides is 1. The number of allylic oxidation sites excluding steroid dienone is 2. The van der Waals surface area contributed by atoms with Crippen LogP contribution in [0.4, 0.5) is 5.00 Å². The lowest BCUT2D eigenvalue weighted by Gasteiger charge is -2.27. The fourth-order valence-corrected chi connectivity index (χ4v) is 4.90. The first-order valence-electron chi connectivity index (χ1n) is 8.84. The molecule has 1 fully saturated rings. The lowest BCUT2D eigenvalue weighted by atomic mass is 9.82. The van der Waals surface area contributed by atoms with Crippen molar-refractivity contribution in [2.24, 2.45) is 23.7 Å². The highest BCUT2D eigenvalue weighted by molar-refractivity contribution is 7.16. The highest BCUT2D eigenvalue weighted by atomic mass is 32.1. The van der Waals surface area contributed by atoms with Gasteiger partial charge in [-0.25, -0.2) is 4.79 Å². The molecule has 0 radical (unpaired) electrons. The minimum atomic E-state index is -1.19. The Morgan fingerprint density at radius 3 is 2.50 bits per heavy atom. The largest absolute Gasteiger partial charge is 0.550 e. The van der Waals surface area contributed by atoms with Crippen LogP contribution in [0.5, 0.6) is 0 Å². The molecule has 0 aliphatic heterocycles. The van der Waals surface area contributed by atoms with Gasteiger partial charge in [-0.05, 0) is 37.2 Å². The molecule has 4 atom stereocenters. The van der Waals surface area contributed by atoms with Crippen LogP contribution < -0.4 is 10.4 Å². The Morgan fingerprint density at radius 1 is 1.27 bits per heavy atom. The van der Waals surface area contributed by atoms with Crippen molar-refractivity contribution >= 4 is 34.2 Å². The minimum Gasteiger partial charge on any atom is -0.550 e. The number of hydrogen-bond acceptors (Lipinski definition) is 6. The first-order valence-corrected chi connectivity index (χ1v) is 9.66. The van der Waals surface area contributed by atoms with Gasteiger partial charge in [0.1, 0.15) is 5.00 Å². The number of aliphatic carboxylic acids is 1. The maximum absolute atomic E-state index is 12.8. The highest BCUT2D eigenvalue weighted by Crippen LogP contribution is 2.48. The molecule has 1 aromatic rings. The van der Waals surface area contributed by atoms with Crippen LogP contribution in [-0.2, 0) is 14.3 Å². The molecule has 1 N–H and O–H groups in total. The van der Waals surface area contributed by atoms with Crippen LogP contribution in [0.25, 0.3) is 0 Å². The van der Waals surface area contributed by atoms with Crippen LogP contribution in [0.2, 0.25) is 0 Å². The number of ether oxygens (including phenoxy) is 1. The van der Waals surface area contributed by atoms with Gasteiger partial charge in [-0.2, -0.15) is 0 Å². The second-order valence-electron chi connectivity index (χ2n) is 7.07. The number of hydrogen-bond donors (Lipinski definition) is 1. The number of esters is 1. The minimum absolute atomic E-state index is 0.0986. The summed E-state index contributed by atoms with van der Waals surface area (Å²) in [6.45, 7) is 5.96. The normalized spacial score (nSPS) is 26.3. The molecule has 2 bridgehead atoms. The SMILES string of the molecule is CCOC(=O)c1cc(C(C)C)sc1NC(=O)[C@@H]1[C@@H](C(=O)[O-])[C@H]2C=C[C@@H]1C2. The molecule has 6 nitrogen and oxygen atoms in total. The average Bonchev–Trinajstić information content (AvgIpc) is 3.28. The predicted molar refractivity (Wildman–Crippen MR) is 95.7 cm³/mol. The molecule has 1 aromatic heterocycles. The Morgan fingerprint density at radius 2 is 1.92 bits per heavy atom. The van der Waals surface area contributed by atoms with Gasteiger partial charge < -0.3 is 20.0 Å². The van der Waals surface area contributed by atoms with Gasteiger partial charge >= 0.3 is 5.97 Å². The Bertz CT molecular complexity index is 766. The van der Waals surface area contributed by atoms with Gasteiger partial charge in [0.2, 0.25) is 5.91 Å². The van der Waals surface area contributed by atoms with Gasteiger partial charge in [0.05, 0.1) is 18.1 Å². The van der Waals surface area contributed by atoms with Crippen LogP contribution >= 0.6 is 11.3 Å². The van der Waals surface area contributed by atoms with Gasteiger partial charge in [0.25, 0.3) is 0 Å². The molecule has 0 aromatic carbocycles. The summed E-state index contributed by atoms with van der Waals surface area (Å²) in [7, 11) is 0. The van der Waals surface area contributed by atoms with Gasteiger partial charge in [0, 0.05) is 16.8 Å². The van der Waals surface area contributed by atoms with E-state index < -0.39 is 23.8 Å². The van der Waals surface area contributed by atoms with Crippen molar-refractivity contribution in [3.05, 3.63) is 28.7 Å². The van der Waals surface area contributed by atoms with Gasteiger partial charge in [-0.15, -0.1) is 11.3 Å². The zero-order chi connectivity index (χ0) is 19.0. The Hall–Kier alpha value is -2.15. The van der Waals surface area contributed by atoms with Crippen LogP contribution in [0.1, 0.15) is 48.3 Å². The molecular formula is C19H22NO5S-. The standard InChI is InChI=1S/C19H23NO5S/c1-4-25-19(24)12-8-13(9(2)3)26-17(12)20-16(21)14-10-5-6-11(7-10)15(14)18(22)23/h5-6,8-11,14-15H,4,7H2,1-3H3,(H,20,21)(H,22,23)/p-1/t10-,11+,14+,15+/m1/s1. The summed E-state index contributed by atoms with van der Waals surface area (Å²) in [5, 5.41) is 14.7. The lowest BCUT2D eigenvalue weighted by molar-refractivity contribution is -0.313. The summed E-state index contributed by atoms with van der Waals surface area (Å²) >= 11 is 1.32. The van der Waals surface area contributed by atoms with E-state index >= 15 is 0 Å². The van der Waals surface area contributed by atoms with Crippen molar-refractivity contribution in [3.63, 3.8) is 0 Å². The van der Waals surface area contributed by atoms with Crippen LogP contribution in [-0.4, -0.2) is 24.5 Å². The van der Waals surface area contributed by atoms with E-state index in [0.29, 0.717) is 17.0 Å². The number of fused-ring (bicyclic) bond motifs is 2. The summed E-state index contributed by atoms with van der Waals surface area (Å²) in [5.41, 5.74) is 0.317. The van der Waals surface area contributed by atoms with Crippen molar-refractivity contribution in [1.82, 2.24) is 0 Å². The van der Waals surface area contributed by atoms with E-state index in [1.165, 1.54) is 11.3 Å². The molecule has 2 aliphatic carbocycles. The van der Waals surface area contributed by atoms with Crippen LogP contribution in [0.15, 0.2) is 18.2 Å². The van der Waals surface area contributed by atoms with E-state index in [1.54, 1.807) is 13.0 Å². The molecule has 140 valence electrons. The third-order valence-electron chi connectivity index (χ3n) is 5.09. The summed E-state index contributed by atoms with van der Waals surface area (Å²) in [4.78, 5) is 37.5. The molecule has 7 heteroatoms. The summed E-state index contributed by atoms with van der Waals surface area (Å²) in [5.74, 6) is -3.61. The van der Waals surface area contributed by atoms with Crippen molar-refractivity contribution in [1.29, 1.82) is 0 Å². The molecule has 3 rings (SSSR count). The second kappa shape index (κ2) is 7.23. The third kappa shape index (κ3) is 3.28. The number of anilines is 1. The summed E-state index contributed by atoms with van der Waals surface area (Å²) in [6.07, 6.45) is 4.43. The number of carboxylic acids is 1. The number of nitrogens with one attached hydrogen (secondary N) is 1.